The Kier molecular flexibility index (Phi) is 5.64. The highest BCUT2D eigenvalue weighted by Crippen LogP contribution is 2.46. The molecule has 2 fully saturated rings. The van der Waals surface area contributed by atoms with Crippen molar-refractivity contribution >= 4 is 33.6 Å². The fourth-order valence-electron chi connectivity index (χ4n) is 3.21. The Labute approximate surface area is 156 Å². The third-order valence-electron chi connectivity index (χ3n) is 4.56. The minimum atomic E-state index is -4.00. The Morgan fingerprint density at radius 3 is 2.48 bits per heavy atom. The average Bonchev–Trinajstić information content (AvgIpc) is 2.71. The van der Waals surface area contributed by atoms with E-state index in [2.05, 4.69) is 16.6 Å². The molecular formula is C16H22N2O8S. The van der Waals surface area contributed by atoms with E-state index in [0.717, 1.165) is 4.90 Å². The van der Waals surface area contributed by atoms with E-state index in [1.807, 2.05) is 0 Å². The average molecular weight is 402 g/mol. The lowest BCUT2D eigenvalue weighted by Gasteiger charge is -2.42. The molecule has 0 aromatic carbocycles. The Balaban J connectivity index is 2.21. The number of hydrogen-bond acceptors (Lipinski definition) is 8. The van der Waals surface area contributed by atoms with Crippen LogP contribution in [0.1, 0.15) is 27.2 Å². The molecule has 3 atom stereocenters. The second-order valence-corrected chi connectivity index (χ2v) is 9.26. The summed E-state index contributed by atoms with van der Waals surface area (Å²) < 4.78 is 33.7. The number of amides is 2. The SMILES string of the molecule is C=CCOC(=O)C1N2C(=O)[C@@H](NC(=O)CC(=O)OCC)[C@@H]2S(=O)(=O)C1(C)C. The molecule has 0 aliphatic carbocycles. The van der Waals surface area contributed by atoms with Crippen molar-refractivity contribution in [3.63, 3.8) is 0 Å². The molecule has 11 heteroatoms. The van der Waals surface area contributed by atoms with Crippen LogP contribution in [-0.4, -0.2) is 72.5 Å². The van der Waals surface area contributed by atoms with E-state index in [9.17, 15) is 27.6 Å². The van der Waals surface area contributed by atoms with E-state index in [-0.39, 0.29) is 13.2 Å². The topological polar surface area (TPSA) is 136 Å². The number of hydrogen-bond donors (Lipinski definition) is 1. The van der Waals surface area contributed by atoms with Gasteiger partial charge in [0.25, 0.3) is 0 Å². The number of rotatable bonds is 7. The van der Waals surface area contributed by atoms with Gasteiger partial charge < -0.3 is 19.7 Å². The summed E-state index contributed by atoms with van der Waals surface area (Å²) in [6.07, 6.45) is 0.681. The molecule has 2 aliphatic heterocycles. The van der Waals surface area contributed by atoms with Crippen molar-refractivity contribution in [1.82, 2.24) is 10.2 Å². The van der Waals surface area contributed by atoms with Crippen molar-refractivity contribution < 1.29 is 37.1 Å². The third-order valence-corrected chi connectivity index (χ3v) is 7.39. The summed E-state index contributed by atoms with van der Waals surface area (Å²) in [5, 5.41) is 0.849. The van der Waals surface area contributed by atoms with E-state index < -0.39 is 62.2 Å². The smallest absolute Gasteiger partial charge is 0.330 e. The first-order valence-corrected chi connectivity index (χ1v) is 9.83. The van der Waals surface area contributed by atoms with E-state index >= 15 is 0 Å². The van der Waals surface area contributed by atoms with E-state index in [0.29, 0.717) is 0 Å². The van der Waals surface area contributed by atoms with Gasteiger partial charge in [0, 0.05) is 0 Å². The molecule has 2 saturated heterocycles. The molecule has 1 N–H and O–H groups in total. The van der Waals surface area contributed by atoms with Gasteiger partial charge in [-0.2, -0.15) is 0 Å². The van der Waals surface area contributed by atoms with Gasteiger partial charge in [0.1, 0.15) is 29.9 Å². The summed E-state index contributed by atoms with van der Waals surface area (Å²) in [6.45, 7) is 7.59. The van der Waals surface area contributed by atoms with Crippen LogP contribution in [0.3, 0.4) is 0 Å². The second-order valence-electron chi connectivity index (χ2n) is 6.63. The number of ether oxygens (including phenoxy) is 2. The standard InChI is InChI=1S/C16H22N2O8S/c1-5-7-26-15(22)12-16(3,4)27(23,24)14-11(13(21)18(12)14)17-9(19)8-10(20)25-6-2/h5,11-12,14H,1,6-8H2,2-4H3,(H,17,19)/t11-,12?,14+/m1/s1. The van der Waals surface area contributed by atoms with Crippen LogP contribution in [0.25, 0.3) is 0 Å². The van der Waals surface area contributed by atoms with Crippen molar-refractivity contribution in [3.8, 4) is 0 Å². The van der Waals surface area contributed by atoms with Crippen LogP contribution in [-0.2, 0) is 38.5 Å². The van der Waals surface area contributed by atoms with Gasteiger partial charge in [0.15, 0.2) is 15.2 Å². The van der Waals surface area contributed by atoms with Crippen LogP contribution in [0.2, 0.25) is 0 Å². The zero-order valence-electron chi connectivity index (χ0n) is 15.3. The molecule has 2 amide bonds. The minimum Gasteiger partial charge on any atom is -0.466 e. The molecule has 0 radical (unpaired) electrons. The molecule has 0 bridgehead atoms. The van der Waals surface area contributed by atoms with E-state index in [1.54, 1.807) is 6.92 Å². The lowest BCUT2D eigenvalue weighted by molar-refractivity contribution is -0.164. The van der Waals surface area contributed by atoms with Gasteiger partial charge in [-0.3, -0.25) is 14.4 Å². The quantitative estimate of drug-likeness (QED) is 0.245. The number of fused-ring (bicyclic) bond motifs is 1. The Morgan fingerprint density at radius 2 is 1.93 bits per heavy atom. The minimum absolute atomic E-state index is 0.0853. The lowest BCUT2D eigenvalue weighted by Crippen LogP contribution is -2.72. The van der Waals surface area contributed by atoms with Crippen molar-refractivity contribution in [2.75, 3.05) is 13.2 Å². The van der Waals surface area contributed by atoms with Crippen molar-refractivity contribution in [2.24, 2.45) is 0 Å². The van der Waals surface area contributed by atoms with E-state index in [4.69, 9.17) is 4.74 Å². The molecule has 0 saturated carbocycles. The van der Waals surface area contributed by atoms with E-state index in [1.165, 1.54) is 19.9 Å². The maximum Gasteiger partial charge on any atom is 0.330 e. The number of esters is 2. The number of nitrogens with zero attached hydrogens (tertiary/aromatic N) is 1. The maximum atomic E-state index is 12.9. The number of carbonyl (C=O) groups is 4. The number of β-lactam (4-membered cyclic amide) rings is 1. The molecule has 150 valence electrons. The molecule has 2 heterocycles. The van der Waals surface area contributed by atoms with Crippen LogP contribution in [0.15, 0.2) is 12.7 Å². The molecule has 0 spiro atoms. The molecule has 10 nitrogen and oxygen atoms in total. The first-order valence-electron chi connectivity index (χ1n) is 8.28. The third kappa shape index (κ3) is 3.31. The maximum absolute atomic E-state index is 12.9. The Morgan fingerprint density at radius 1 is 1.30 bits per heavy atom. The number of carbonyl (C=O) groups excluding carboxylic acids is 4. The number of nitrogens with one attached hydrogen (secondary N) is 1. The molecule has 0 aromatic rings. The van der Waals surface area contributed by atoms with Gasteiger partial charge in [-0.15, -0.1) is 0 Å². The fourth-order valence-corrected chi connectivity index (χ4v) is 5.42. The van der Waals surface area contributed by atoms with Gasteiger partial charge in [-0.1, -0.05) is 12.7 Å². The van der Waals surface area contributed by atoms with Crippen LogP contribution < -0.4 is 5.32 Å². The summed E-state index contributed by atoms with van der Waals surface area (Å²) in [6, 6.07) is -2.70. The molecule has 27 heavy (non-hydrogen) atoms. The molecule has 2 aliphatic rings. The zero-order valence-corrected chi connectivity index (χ0v) is 16.1. The van der Waals surface area contributed by atoms with Gasteiger partial charge in [0.2, 0.25) is 11.8 Å². The normalized spacial score (nSPS) is 27.1. The lowest BCUT2D eigenvalue weighted by atomic mass is 9.96. The monoisotopic (exact) mass is 402 g/mol. The zero-order chi connectivity index (χ0) is 20.6. The molecule has 0 aromatic heterocycles. The van der Waals surface area contributed by atoms with Crippen molar-refractivity contribution in [3.05, 3.63) is 12.7 Å². The van der Waals surface area contributed by atoms with Crippen LogP contribution in [0, 0.1) is 0 Å². The van der Waals surface area contributed by atoms with Crippen LogP contribution in [0.4, 0.5) is 0 Å². The molecule has 2 rings (SSSR count). The van der Waals surface area contributed by atoms with Gasteiger partial charge in [-0.05, 0) is 20.8 Å². The first-order chi connectivity index (χ1) is 12.5. The highest BCUT2D eigenvalue weighted by molar-refractivity contribution is 7.94. The molecule has 1 unspecified atom stereocenters. The summed E-state index contributed by atoms with van der Waals surface area (Å²) in [4.78, 5) is 49.0. The van der Waals surface area contributed by atoms with Gasteiger partial charge >= 0.3 is 11.9 Å². The fraction of sp³-hybridized carbons (Fsp3) is 0.625. The molecular weight excluding hydrogens is 380 g/mol. The largest absolute Gasteiger partial charge is 0.466 e. The van der Waals surface area contributed by atoms with Gasteiger partial charge in [-0.25, -0.2) is 13.2 Å². The van der Waals surface area contributed by atoms with Crippen LogP contribution >= 0.6 is 0 Å². The second kappa shape index (κ2) is 7.29. The van der Waals surface area contributed by atoms with Crippen LogP contribution in [0.5, 0.6) is 0 Å². The van der Waals surface area contributed by atoms with Crippen molar-refractivity contribution in [2.45, 2.75) is 49.4 Å². The highest BCUT2D eigenvalue weighted by atomic mass is 32.2. The first kappa shape index (κ1) is 20.9. The Hall–Kier alpha value is -2.43. The predicted octanol–water partition coefficient (Wildman–Crippen LogP) is -1.10. The summed E-state index contributed by atoms with van der Waals surface area (Å²) >= 11 is 0. The summed E-state index contributed by atoms with van der Waals surface area (Å²) in [7, 11) is -4.00. The highest BCUT2D eigenvalue weighted by Gasteiger charge is 2.72. The summed E-state index contributed by atoms with van der Waals surface area (Å²) in [5.41, 5.74) is 0. The predicted molar refractivity (Wildman–Crippen MR) is 91.8 cm³/mol. The van der Waals surface area contributed by atoms with Gasteiger partial charge in [0.05, 0.1) is 6.61 Å². The van der Waals surface area contributed by atoms with Crippen molar-refractivity contribution in [1.29, 1.82) is 0 Å². The Bertz CT molecular complexity index is 788. The number of sulfone groups is 1. The summed E-state index contributed by atoms with van der Waals surface area (Å²) in [5.74, 6) is -3.22.